The number of ether oxygens (including phenoxy) is 1. The largest absolute Gasteiger partial charge is 0.383 e. The van der Waals surface area contributed by atoms with Crippen LogP contribution in [0, 0.1) is 10.1 Å². The second-order valence-corrected chi connectivity index (χ2v) is 5.15. The van der Waals surface area contributed by atoms with Crippen LogP contribution in [0.3, 0.4) is 0 Å². The topological polar surface area (TPSA) is 81.6 Å². The summed E-state index contributed by atoms with van der Waals surface area (Å²) in [6.45, 7) is 2.63. The Balaban J connectivity index is 2.13. The number of nitro benzene ring substituents is 1. The van der Waals surface area contributed by atoms with Crippen LogP contribution in [0.4, 0.5) is 5.69 Å². The van der Waals surface area contributed by atoms with Crippen molar-refractivity contribution in [2.45, 2.75) is 32.0 Å². The van der Waals surface area contributed by atoms with Crippen molar-refractivity contribution in [1.29, 1.82) is 0 Å². The van der Waals surface area contributed by atoms with Gasteiger partial charge in [-0.1, -0.05) is 12.1 Å². The van der Waals surface area contributed by atoms with E-state index in [9.17, 15) is 10.1 Å². The Morgan fingerprint density at radius 3 is 3.00 bits per heavy atom. The molecule has 0 amide bonds. The molecule has 2 N–H and O–H groups in total. The van der Waals surface area contributed by atoms with Crippen LogP contribution in [0.25, 0.3) is 0 Å². The Morgan fingerprint density at radius 1 is 1.55 bits per heavy atom. The molecule has 6 heteroatoms. The van der Waals surface area contributed by atoms with Crippen LogP contribution in [0.15, 0.2) is 18.2 Å². The summed E-state index contributed by atoms with van der Waals surface area (Å²) >= 11 is 0. The van der Waals surface area contributed by atoms with Gasteiger partial charge in [-0.3, -0.25) is 15.0 Å². The van der Waals surface area contributed by atoms with E-state index in [1.807, 2.05) is 6.07 Å². The molecule has 2 rings (SSSR count). The minimum atomic E-state index is -0.359. The van der Waals surface area contributed by atoms with Gasteiger partial charge in [-0.2, -0.15) is 0 Å². The van der Waals surface area contributed by atoms with Gasteiger partial charge in [0.25, 0.3) is 5.69 Å². The summed E-state index contributed by atoms with van der Waals surface area (Å²) in [4.78, 5) is 13.0. The molecule has 1 aromatic rings. The van der Waals surface area contributed by atoms with Crippen molar-refractivity contribution in [3.05, 3.63) is 39.4 Å². The Kier molecular flexibility index (Phi) is 5.05. The molecule has 0 bridgehead atoms. The number of hydrogen-bond donors (Lipinski definition) is 1. The van der Waals surface area contributed by atoms with Gasteiger partial charge in [-0.25, -0.2) is 0 Å². The van der Waals surface area contributed by atoms with E-state index in [4.69, 9.17) is 10.5 Å². The fourth-order valence-corrected chi connectivity index (χ4v) is 2.77. The number of nitrogens with two attached hydrogens (primary N) is 1. The molecule has 1 fully saturated rings. The molecule has 1 aromatic carbocycles. The number of methoxy groups -OCH3 is 1. The van der Waals surface area contributed by atoms with Gasteiger partial charge in [-0.15, -0.1) is 0 Å². The molecule has 1 aliphatic rings. The second kappa shape index (κ2) is 6.78. The average molecular weight is 279 g/mol. The first-order valence-corrected chi connectivity index (χ1v) is 6.85. The van der Waals surface area contributed by atoms with E-state index >= 15 is 0 Å². The van der Waals surface area contributed by atoms with Crippen LogP contribution in [-0.2, 0) is 17.8 Å². The van der Waals surface area contributed by atoms with Gasteiger partial charge in [0.2, 0.25) is 0 Å². The maximum Gasteiger partial charge on any atom is 0.274 e. The van der Waals surface area contributed by atoms with E-state index in [0.717, 1.165) is 31.5 Å². The minimum Gasteiger partial charge on any atom is -0.383 e. The van der Waals surface area contributed by atoms with Crippen LogP contribution in [-0.4, -0.2) is 36.1 Å². The van der Waals surface area contributed by atoms with Crippen molar-refractivity contribution in [2.75, 3.05) is 20.3 Å². The van der Waals surface area contributed by atoms with Gasteiger partial charge in [0.1, 0.15) is 0 Å². The van der Waals surface area contributed by atoms with Gasteiger partial charge in [-0.05, 0) is 24.9 Å². The zero-order valence-corrected chi connectivity index (χ0v) is 11.7. The van der Waals surface area contributed by atoms with Crippen LogP contribution in [0.1, 0.15) is 24.0 Å². The molecule has 0 radical (unpaired) electrons. The summed E-state index contributed by atoms with van der Waals surface area (Å²) in [5.41, 5.74) is 7.18. The third kappa shape index (κ3) is 3.33. The summed E-state index contributed by atoms with van der Waals surface area (Å²) in [6.07, 6.45) is 2.27. The van der Waals surface area contributed by atoms with E-state index < -0.39 is 0 Å². The highest BCUT2D eigenvalue weighted by molar-refractivity contribution is 5.43. The fraction of sp³-hybridized carbons (Fsp3) is 0.571. The van der Waals surface area contributed by atoms with E-state index in [2.05, 4.69) is 4.90 Å². The van der Waals surface area contributed by atoms with Gasteiger partial charge in [0.05, 0.1) is 11.5 Å². The predicted octanol–water partition coefficient (Wildman–Crippen LogP) is 1.66. The van der Waals surface area contributed by atoms with Crippen LogP contribution in [0.5, 0.6) is 0 Å². The smallest absolute Gasteiger partial charge is 0.274 e. The third-order valence-electron chi connectivity index (χ3n) is 3.81. The monoisotopic (exact) mass is 279 g/mol. The van der Waals surface area contributed by atoms with Crippen molar-refractivity contribution in [2.24, 2.45) is 5.73 Å². The highest BCUT2D eigenvalue weighted by Crippen LogP contribution is 2.24. The number of hydrogen-bond acceptors (Lipinski definition) is 5. The summed E-state index contributed by atoms with van der Waals surface area (Å²) in [6, 6.07) is 5.74. The molecule has 1 heterocycles. The van der Waals surface area contributed by atoms with Gasteiger partial charge in [0.15, 0.2) is 0 Å². The predicted molar refractivity (Wildman–Crippen MR) is 76.3 cm³/mol. The standard InChI is InChI=1S/C14H21N3O3/c1-20-10-13-3-2-6-16(13)9-11-4-5-12(8-15)14(7-11)17(18)19/h4-5,7,13H,2-3,6,8-10,15H2,1H3/t13-/m1/s1. The first kappa shape index (κ1) is 14.9. The Bertz CT molecular complexity index is 479. The normalized spacial score (nSPS) is 19.4. The molecule has 6 nitrogen and oxygen atoms in total. The van der Waals surface area contributed by atoms with E-state index in [1.165, 1.54) is 0 Å². The number of benzene rings is 1. The molecule has 110 valence electrons. The number of rotatable bonds is 6. The second-order valence-electron chi connectivity index (χ2n) is 5.15. The van der Waals surface area contributed by atoms with E-state index in [-0.39, 0.29) is 17.2 Å². The molecule has 0 saturated carbocycles. The molecule has 1 saturated heterocycles. The minimum absolute atomic E-state index is 0.118. The molecule has 0 unspecified atom stereocenters. The first-order valence-electron chi connectivity index (χ1n) is 6.85. The maximum atomic E-state index is 11.1. The summed E-state index contributed by atoms with van der Waals surface area (Å²) in [5, 5.41) is 11.1. The van der Waals surface area contributed by atoms with Gasteiger partial charge in [0, 0.05) is 37.9 Å². The molecule has 20 heavy (non-hydrogen) atoms. The lowest BCUT2D eigenvalue weighted by molar-refractivity contribution is -0.385. The number of nitro groups is 1. The zero-order valence-electron chi connectivity index (χ0n) is 11.7. The molecule has 0 spiro atoms. The van der Waals surface area contributed by atoms with Crippen LogP contribution in [0.2, 0.25) is 0 Å². The van der Waals surface area contributed by atoms with E-state index in [1.54, 1.807) is 19.2 Å². The number of nitrogens with zero attached hydrogens (tertiary/aromatic N) is 2. The maximum absolute atomic E-state index is 11.1. The highest BCUT2D eigenvalue weighted by Gasteiger charge is 2.25. The Morgan fingerprint density at radius 2 is 2.35 bits per heavy atom. The first-order chi connectivity index (χ1) is 9.65. The van der Waals surface area contributed by atoms with Crippen molar-refractivity contribution in [3.8, 4) is 0 Å². The lowest BCUT2D eigenvalue weighted by Gasteiger charge is -2.23. The van der Waals surface area contributed by atoms with Crippen molar-refractivity contribution in [1.82, 2.24) is 4.90 Å². The summed E-state index contributed by atoms with van der Waals surface area (Å²) < 4.78 is 5.23. The SMILES string of the molecule is COC[C@H]1CCCN1Cc1ccc(CN)c([N+](=O)[O-])c1. The molecule has 0 aromatic heterocycles. The van der Waals surface area contributed by atoms with Crippen molar-refractivity contribution in [3.63, 3.8) is 0 Å². The van der Waals surface area contributed by atoms with Gasteiger partial charge >= 0.3 is 0 Å². The molecular weight excluding hydrogens is 258 g/mol. The summed E-state index contributed by atoms with van der Waals surface area (Å²) in [5.74, 6) is 0. The van der Waals surface area contributed by atoms with Crippen LogP contribution >= 0.6 is 0 Å². The van der Waals surface area contributed by atoms with Crippen LogP contribution < -0.4 is 5.73 Å². The van der Waals surface area contributed by atoms with E-state index in [0.29, 0.717) is 18.2 Å². The molecule has 1 aliphatic heterocycles. The lowest BCUT2D eigenvalue weighted by atomic mass is 10.1. The quantitative estimate of drug-likeness (QED) is 0.632. The number of likely N-dealkylation sites (tertiary alicyclic amines) is 1. The molecule has 0 aliphatic carbocycles. The molecule has 1 atom stereocenters. The average Bonchev–Trinajstić information content (AvgIpc) is 2.86. The highest BCUT2D eigenvalue weighted by atomic mass is 16.6. The Labute approximate surface area is 118 Å². The summed E-state index contributed by atoms with van der Waals surface area (Å²) in [7, 11) is 1.71. The fourth-order valence-electron chi connectivity index (χ4n) is 2.77. The Hall–Kier alpha value is -1.50. The zero-order chi connectivity index (χ0) is 14.5. The van der Waals surface area contributed by atoms with Crippen molar-refractivity contribution < 1.29 is 9.66 Å². The lowest BCUT2D eigenvalue weighted by Crippen LogP contribution is -2.32. The third-order valence-corrected chi connectivity index (χ3v) is 3.81. The molecular formula is C14H21N3O3. The van der Waals surface area contributed by atoms with Gasteiger partial charge < -0.3 is 10.5 Å². The van der Waals surface area contributed by atoms with Crippen molar-refractivity contribution >= 4 is 5.69 Å².